The fourth-order valence-electron chi connectivity index (χ4n) is 3.09. The van der Waals surface area contributed by atoms with Gasteiger partial charge in [0.15, 0.2) is 0 Å². The highest BCUT2D eigenvalue weighted by molar-refractivity contribution is 6.31. The molecule has 1 fully saturated rings. The van der Waals surface area contributed by atoms with E-state index in [1.54, 1.807) is 0 Å². The Morgan fingerprint density at radius 1 is 1.14 bits per heavy atom. The molecule has 2 aromatic carbocycles. The van der Waals surface area contributed by atoms with Gasteiger partial charge in [0.05, 0.1) is 17.3 Å². The molecule has 0 aliphatic carbocycles. The summed E-state index contributed by atoms with van der Waals surface area (Å²) in [5, 5.41) is 6.81. The quantitative estimate of drug-likeness (QED) is 0.625. The molecule has 3 amide bonds. The maximum atomic E-state index is 14.4. The first kappa shape index (κ1) is 20.7. The van der Waals surface area contributed by atoms with Gasteiger partial charge in [-0.2, -0.15) is 13.2 Å². The molecule has 152 valence electrons. The van der Waals surface area contributed by atoms with Crippen LogP contribution < -0.4 is 16.0 Å². The minimum Gasteiger partial charge on any atom is -0.330 e. The van der Waals surface area contributed by atoms with Crippen LogP contribution in [0.15, 0.2) is 54.7 Å². The van der Waals surface area contributed by atoms with Crippen LogP contribution in [0.4, 0.5) is 28.0 Å². The number of carbonyl (C=O) groups excluding carboxylic acids is 2. The van der Waals surface area contributed by atoms with Crippen LogP contribution in [-0.4, -0.2) is 11.9 Å². The Balaban J connectivity index is 2.00. The average molecular weight is 428 g/mol. The van der Waals surface area contributed by atoms with Gasteiger partial charge in [0.1, 0.15) is 11.7 Å². The lowest BCUT2D eigenvalue weighted by molar-refractivity contribution is -0.137. The van der Waals surface area contributed by atoms with Crippen LogP contribution in [0.3, 0.4) is 0 Å². The summed E-state index contributed by atoms with van der Waals surface area (Å²) in [7, 11) is 0. The maximum absolute atomic E-state index is 14.4. The van der Waals surface area contributed by atoms with E-state index in [0.717, 1.165) is 18.2 Å². The maximum Gasteiger partial charge on any atom is 0.418 e. The standard InChI is InChI=1S/C19H14ClF4N3O2/c1-9-14(17(28)26-13-8-3-2-5-10(13)19(22,23)24)16(27-18(29)25-9)15-11(20)6-4-7-12(15)21/h2-8,14,16H,1H2,(H,26,28)(H2,25,27,29)/t14-,16-/m1/s1. The fraction of sp³-hybridized carbons (Fsp3) is 0.158. The van der Waals surface area contributed by atoms with Crippen LogP contribution in [0.2, 0.25) is 5.02 Å². The summed E-state index contributed by atoms with van der Waals surface area (Å²) in [6.45, 7) is 3.59. The predicted octanol–water partition coefficient (Wildman–Crippen LogP) is 4.62. The number of halogens is 5. The van der Waals surface area contributed by atoms with E-state index in [9.17, 15) is 27.2 Å². The Morgan fingerprint density at radius 3 is 2.48 bits per heavy atom. The third kappa shape index (κ3) is 4.19. The molecule has 1 saturated heterocycles. The molecule has 2 aromatic rings. The molecule has 0 aromatic heterocycles. The van der Waals surface area contributed by atoms with Crippen molar-refractivity contribution in [3.05, 3.63) is 76.7 Å². The van der Waals surface area contributed by atoms with Crippen molar-refractivity contribution in [2.45, 2.75) is 12.2 Å². The van der Waals surface area contributed by atoms with Gasteiger partial charge in [-0.3, -0.25) is 4.79 Å². The minimum atomic E-state index is -4.70. The third-order valence-corrected chi connectivity index (χ3v) is 4.68. The van der Waals surface area contributed by atoms with Gasteiger partial charge in [0.25, 0.3) is 0 Å². The molecule has 0 unspecified atom stereocenters. The second-order valence-electron chi connectivity index (χ2n) is 6.25. The zero-order valence-electron chi connectivity index (χ0n) is 14.6. The van der Waals surface area contributed by atoms with Crippen molar-refractivity contribution in [3.63, 3.8) is 0 Å². The first-order valence-corrected chi connectivity index (χ1v) is 8.64. The van der Waals surface area contributed by atoms with E-state index in [4.69, 9.17) is 11.6 Å². The lowest BCUT2D eigenvalue weighted by atomic mass is 9.87. The summed E-state index contributed by atoms with van der Waals surface area (Å²) >= 11 is 6.05. The summed E-state index contributed by atoms with van der Waals surface area (Å²) in [4.78, 5) is 24.7. The third-order valence-electron chi connectivity index (χ3n) is 4.35. The lowest BCUT2D eigenvalue weighted by Gasteiger charge is -2.34. The van der Waals surface area contributed by atoms with Crippen molar-refractivity contribution in [3.8, 4) is 0 Å². The van der Waals surface area contributed by atoms with E-state index < -0.39 is 47.1 Å². The van der Waals surface area contributed by atoms with Crippen molar-refractivity contribution in [1.29, 1.82) is 0 Å². The van der Waals surface area contributed by atoms with Gasteiger partial charge in [-0.1, -0.05) is 36.4 Å². The van der Waals surface area contributed by atoms with Gasteiger partial charge in [0, 0.05) is 16.3 Å². The number of amides is 3. The number of carbonyl (C=O) groups is 2. The van der Waals surface area contributed by atoms with E-state index in [1.807, 2.05) is 0 Å². The van der Waals surface area contributed by atoms with Crippen molar-refractivity contribution in [1.82, 2.24) is 10.6 Å². The normalized spacial score (nSPS) is 19.3. The molecule has 0 bridgehead atoms. The largest absolute Gasteiger partial charge is 0.418 e. The number of para-hydroxylation sites is 1. The van der Waals surface area contributed by atoms with Crippen LogP contribution in [0, 0.1) is 11.7 Å². The zero-order valence-corrected chi connectivity index (χ0v) is 15.4. The highest BCUT2D eigenvalue weighted by Gasteiger charge is 2.41. The molecule has 1 heterocycles. The molecular formula is C19H14ClF4N3O2. The van der Waals surface area contributed by atoms with Crippen LogP contribution >= 0.6 is 11.6 Å². The van der Waals surface area contributed by atoms with Crippen molar-refractivity contribution in [2.75, 3.05) is 5.32 Å². The van der Waals surface area contributed by atoms with Crippen LogP contribution in [0.1, 0.15) is 17.2 Å². The fourth-order valence-corrected chi connectivity index (χ4v) is 3.37. The molecule has 0 radical (unpaired) electrons. The van der Waals surface area contributed by atoms with Gasteiger partial charge in [-0.05, 0) is 24.3 Å². The van der Waals surface area contributed by atoms with Crippen LogP contribution in [0.5, 0.6) is 0 Å². The van der Waals surface area contributed by atoms with E-state index in [1.165, 1.54) is 24.3 Å². The molecule has 1 aliphatic heterocycles. The van der Waals surface area contributed by atoms with Gasteiger partial charge in [-0.25, -0.2) is 9.18 Å². The highest BCUT2D eigenvalue weighted by Crippen LogP contribution is 2.38. The molecule has 3 rings (SSSR count). The summed E-state index contributed by atoms with van der Waals surface area (Å²) in [6, 6.07) is 6.18. The van der Waals surface area contributed by atoms with E-state index in [-0.39, 0.29) is 16.3 Å². The van der Waals surface area contributed by atoms with Crippen LogP contribution in [-0.2, 0) is 11.0 Å². The highest BCUT2D eigenvalue weighted by atomic mass is 35.5. The number of benzene rings is 2. The van der Waals surface area contributed by atoms with E-state index in [0.29, 0.717) is 0 Å². The molecule has 5 nitrogen and oxygen atoms in total. The molecule has 10 heteroatoms. The van der Waals surface area contributed by atoms with Gasteiger partial charge >= 0.3 is 12.2 Å². The summed E-state index contributed by atoms with van der Waals surface area (Å²) in [5.41, 5.74) is -1.81. The SMILES string of the molecule is C=C1NC(=O)N[C@@H](c2c(F)cccc2Cl)[C@@H]1C(=O)Nc1ccccc1C(F)(F)F. The number of nitrogens with one attached hydrogen (secondary N) is 3. The first-order chi connectivity index (χ1) is 13.6. The van der Waals surface area contributed by atoms with Crippen LogP contribution in [0.25, 0.3) is 0 Å². The van der Waals surface area contributed by atoms with Gasteiger partial charge in [-0.15, -0.1) is 0 Å². The topological polar surface area (TPSA) is 70.2 Å². The Bertz CT molecular complexity index is 973. The number of alkyl halides is 3. The number of urea groups is 1. The minimum absolute atomic E-state index is 0.0570. The smallest absolute Gasteiger partial charge is 0.330 e. The summed E-state index contributed by atoms with van der Waals surface area (Å²) in [6.07, 6.45) is -4.70. The Labute approximate surface area is 167 Å². The monoisotopic (exact) mass is 427 g/mol. The molecule has 1 aliphatic rings. The Hall–Kier alpha value is -3.07. The molecule has 0 saturated carbocycles. The number of hydrogen-bond acceptors (Lipinski definition) is 2. The number of rotatable bonds is 3. The Morgan fingerprint density at radius 2 is 1.83 bits per heavy atom. The molecule has 3 N–H and O–H groups in total. The summed E-state index contributed by atoms with van der Waals surface area (Å²) < 4.78 is 54.0. The number of hydrogen-bond donors (Lipinski definition) is 3. The van der Waals surface area contributed by atoms with E-state index in [2.05, 4.69) is 22.5 Å². The second kappa shape index (κ2) is 7.75. The predicted molar refractivity (Wildman–Crippen MR) is 98.5 cm³/mol. The van der Waals surface area contributed by atoms with Crippen molar-refractivity contribution >= 4 is 29.2 Å². The second-order valence-corrected chi connectivity index (χ2v) is 6.65. The Kier molecular flexibility index (Phi) is 5.52. The molecule has 0 spiro atoms. The van der Waals surface area contributed by atoms with Crippen molar-refractivity contribution < 1.29 is 27.2 Å². The summed E-state index contributed by atoms with van der Waals surface area (Å²) in [5.74, 6) is -3.04. The van der Waals surface area contributed by atoms with E-state index >= 15 is 0 Å². The van der Waals surface area contributed by atoms with Gasteiger partial charge in [0.2, 0.25) is 5.91 Å². The lowest BCUT2D eigenvalue weighted by Crippen LogP contribution is -2.52. The average Bonchev–Trinajstić information content (AvgIpc) is 2.60. The molecule has 29 heavy (non-hydrogen) atoms. The molecule has 2 atom stereocenters. The molecular weight excluding hydrogens is 414 g/mol. The zero-order chi connectivity index (χ0) is 21.3. The number of anilines is 1. The van der Waals surface area contributed by atoms with Crippen molar-refractivity contribution in [2.24, 2.45) is 5.92 Å². The van der Waals surface area contributed by atoms with Gasteiger partial charge < -0.3 is 16.0 Å². The first-order valence-electron chi connectivity index (χ1n) is 8.27.